The molecule has 1 radical (unpaired) electrons. The molecule has 0 N–H and O–H groups in total. The minimum Gasteiger partial charge on any atom is -0.741 e. The van der Waals surface area contributed by atoms with Crippen LogP contribution in [-0.2, 0) is 35.1 Å². The molecule has 0 atom stereocenters. The number of hydrogen-bond donors (Lipinski definition) is 0. The van der Waals surface area contributed by atoms with E-state index < -0.39 is 46.9 Å². The first-order valence-electron chi connectivity index (χ1n) is 7.80. The van der Waals surface area contributed by atoms with E-state index in [2.05, 4.69) is 13.8 Å². The van der Waals surface area contributed by atoms with E-state index in [4.69, 9.17) is 43.6 Å². The quantitative estimate of drug-likeness (QED) is 0.170. The fraction of sp³-hybridized carbons (Fsp3) is 1.00. The number of rotatable bonds is 6. The molecule has 0 aliphatic heterocycles. The van der Waals surface area contributed by atoms with E-state index >= 15 is 0 Å². The summed E-state index contributed by atoms with van der Waals surface area (Å²) < 4.78 is 182. The van der Waals surface area contributed by atoms with Crippen molar-refractivity contribution in [2.75, 3.05) is 13.2 Å². The molecule has 0 saturated heterocycles. The topological polar surface area (TPSA) is 181 Å². The van der Waals surface area contributed by atoms with Crippen LogP contribution in [0.2, 0.25) is 0 Å². The normalized spacial score (nSPS) is 12.5. The Morgan fingerprint density at radius 2 is 0.706 bits per heavy atom. The monoisotopic (exact) mass is 751 g/mol. The van der Waals surface area contributed by atoms with Gasteiger partial charge in [0, 0.05) is 13.2 Å². The smallest absolute Gasteiger partial charge is 0.741 e. The van der Waals surface area contributed by atoms with Gasteiger partial charge in [-0.25, -0.2) is 25.3 Å². The second-order valence-corrected chi connectivity index (χ2v) is 9.13. The molecule has 0 rings (SSSR count). The zero-order valence-electron chi connectivity index (χ0n) is 16.7. The number of alkyl halides is 9. The van der Waals surface area contributed by atoms with Crippen LogP contribution in [0.25, 0.3) is 0 Å². The minimum absolute atomic E-state index is 0. The summed E-state index contributed by atoms with van der Waals surface area (Å²) in [4.78, 5) is 0. The molecule has 0 aliphatic carbocycles. The Morgan fingerprint density at radius 1 is 0.559 bits per heavy atom. The maximum atomic E-state index is 10.7. The maximum Gasteiger partial charge on any atom is 3.00 e. The van der Waals surface area contributed by atoms with Crippen LogP contribution >= 0.6 is 0 Å². The van der Waals surface area contributed by atoms with Crippen molar-refractivity contribution >= 4 is 30.4 Å². The summed E-state index contributed by atoms with van der Waals surface area (Å²) >= 11 is 0. The van der Waals surface area contributed by atoms with Gasteiger partial charge in [0.1, 0.15) is 0 Å². The third kappa shape index (κ3) is 28.8. The molecule has 0 unspecified atom stereocenters. The number of hydrogen-bond acceptors (Lipinski definition) is 10. The first-order valence-corrected chi connectivity index (χ1v) is 12.0. The van der Waals surface area contributed by atoms with E-state index in [1.807, 2.05) is 0 Å². The third-order valence-corrected chi connectivity index (χ3v) is 3.84. The van der Waals surface area contributed by atoms with Crippen LogP contribution in [0, 0.1) is 46.9 Å². The second-order valence-electron chi connectivity index (χ2n) is 5.02. The molecule has 0 amide bonds. The van der Waals surface area contributed by atoms with E-state index in [0.717, 1.165) is 13.2 Å². The van der Waals surface area contributed by atoms with Gasteiger partial charge in [-0.2, -0.15) is 39.5 Å². The fourth-order valence-corrected chi connectivity index (χ4v) is 0.595. The minimum atomic E-state index is -6.09. The van der Waals surface area contributed by atoms with Gasteiger partial charge in [-0.15, -0.1) is 0 Å². The van der Waals surface area contributed by atoms with Gasteiger partial charge in [-0.05, 0) is 12.8 Å². The molecule has 0 heterocycles. The molecule has 0 aromatic carbocycles. The summed E-state index contributed by atoms with van der Waals surface area (Å²) in [5.74, 6) is 0. The van der Waals surface area contributed by atoms with E-state index in [0.29, 0.717) is 0 Å². The van der Waals surface area contributed by atoms with E-state index in [1.54, 1.807) is 0 Å². The molecule has 0 fully saturated rings. The molecular weight excluding hydrogens is 732 g/mol. The van der Waals surface area contributed by atoms with Crippen LogP contribution < -0.4 is 0 Å². The molecule has 34 heavy (non-hydrogen) atoms. The third-order valence-electron chi connectivity index (χ3n) is 2.13. The van der Waals surface area contributed by atoms with Crippen molar-refractivity contribution in [3.05, 3.63) is 0 Å². The standard InChI is InChI=1S/C8H18O.3CHF3O3S.Yb/c1-3-5-7-9-8-6-4-2;3*2-1(3,4)8(5,6)7;/h3-8H2,1-2H3;3*(H,5,6,7);/q;;;;+3/p-3. The number of unbranched alkanes of at least 4 members (excludes halogenated alkanes) is 2. The predicted molar refractivity (Wildman–Crippen MR) is 87.9 cm³/mol. The average Bonchev–Trinajstić information content (AvgIpc) is 2.51. The number of halogens is 9. The predicted octanol–water partition coefficient (Wildman–Crippen LogP) is 2.76. The summed E-state index contributed by atoms with van der Waals surface area (Å²) in [5.41, 5.74) is -16.9. The van der Waals surface area contributed by atoms with Gasteiger partial charge in [0.2, 0.25) is 0 Å². The Kier molecular flexibility index (Phi) is 24.6. The van der Waals surface area contributed by atoms with E-state index in [-0.39, 0.29) is 46.9 Å². The average molecular weight is 750 g/mol. The summed E-state index contributed by atoms with van der Waals surface area (Å²) in [6.45, 7) is 6.28. The summed E-state index contributed by atoms with van der Waals surface area (Å²) in [6, 6.07) is 0. The Labute approximate surface area is 228 Å². The van der Waals surface area contributed by atoms with Crippen LogP contribution in [0.4, 0.5) is 39.5 Å². The molecule has 217 valence electrons. The molecule has 0 saturated carbocycles. The largest absolute Gasteiger partial charge is 3.00 e. The maximum absolute atomic E-state index is 10.7. The Hall–Kier alpha value is 0.579. The summed E-state index contributed by atoms with van der Waals surface area (Å²) in [5, 5.41) is 0. The SMILES string of the molecule is CCCCOCCCC.O=S(=O)([O-])C(F)(F)F.O=S(=O)([O-])C(F)(F)F.O=S(=O)([O-])C(F)(F)F.[Yb+3]. The van der Waals surface area contributed by atoms with Crippen molar-refractivity contribution < 1.29 is 130 Å². The van der Waals surface area contributed by atoms with Crippen molar-refractivity contribution in [1.29, 1.82) is 0 Å². The van der Waals surface area contributed by atoms with Crippen molar-refractivity contribution in [3.63, 3.8) is 0 Å². The van der Waals surface area contributed by atoms with Gasteiger partial charge >= 0.3 is 63.4 Å². The van der Waals surface area contributed by atoms with Crippen LogP contribution in [-0.4, -0.2) is 68.7 Å². The zero-order valence-corrected chi connectivity index (χ0v) is 20.9. The molecule has 10 nitrogen and oxygen atoms in total. The Bertz CT molecular complexity index is 714. The molecule has 0 aromatic heterocycles. The molecule has 0 aromatic rings. The van der Waals surface area contributed by atoms with Crippen molar-refractivity contribution in [2.45, 2.75) is 56.1 Å². The zero-order chi connectivity index (χ0) is 27.9. The summed E-state index contributed by atoms with van der Waals surface area (Å²) in [6.07, 6.45) is 4.91. The van der Waals surface area contributed by atoms with Gasteiger partial charge in [-0.1, -0.05) is 26.7 Å². The summed E-state index contributed by atoms with van der Waals surface area (Å²) in [7, 11) is -18.3. The van der Waals surface area contributed by atoms with Gasteiger partial charge in [0.05, 0.1) is 0 Å². The molecule has 0 spiro atoms. The van der Waals surface area contributed by atoms with Gasteiger partial charge in [0.25, 0.3) is 0 Å². The van der Waals surface area contributed by atoms with E-state index in [9.17, 15) is 39.5 Å². The van der Waals surface area contributed by atoms with Crippen molar-refractivity contribution in [2.24, 2.45) is 0 Å². The van der Waals surface area contributed by atoms with Crippen molar-refractivity contribution in [1.82, 2.24) is 0 Å². The van der Waals surface area contributed by atoms with Crippen LogP contribution in [0.15, 0.2) is 0 Å². The van der Waals surface area contributed by atoms with Gasteiger partial charge in [0.15, 0.2) is 30.4 Å². The Morgan fingerprint density at radius 3 is 0.794 bits per heavy atom. The molecule has 0 aliphatic rings. The van der Waals surface area contributed by atoms with Gasteiger partial charge in [-0.3, -0.25) is 0 Å². The first-order chi connectivity index (χ1) is 14.2. The first kappa shape index (κ1) is 44.6. The van der Waals surface area contributed by atoms with Crippen LogP contribution in [0.3, 0.4) is 0 Å². The number of ether oxygens (including phenoxy) is 1. The molecular formula is C11H18F9O10S3Yb. The van der Waals surface area contributed by atoms with Crippen LogP contribution in [0.1, 0.15) is 39.5 Å². The van der Waals surface area contributed by atoms with Crippen LogP contribution in [0.5, 0.6) is 0 Å². The fourth-order valence-electron chi connectivity index (χ4n) is 0.595. The second kappa shape index (κ2) is 18.8. The molecule has 0 bridgehead atoms. The van der Waals surface area contributed by atoms with Gasteiger partial charge < -0.3 is 18.4 Å². The molecule has 23 heteroatoms. The Balaban J connectivity index is -0.000000109. The van der Waals surface area contributed by atoms with E-state index in [1.165, 1.54) is 25.7 Å². The van der Waals surface area contributed by atoms with Crippen molar-refractivity contribution in [3.8, 4) is 0 Å².